The van der Waals surface area contributed by atoms with Crippen LogP contribution in [0.25, 0.3) is 0 Å². The van der Waals surface area contributed by atoms with Crippen LogP contribution in [0.3, 0.4) is 0 Å². The van der Waals surface area contributed by atoms with E-state index in [1.165, 1.54) is 29.2 Å². The second-order valence-corrected chi connectivity index (χ2v) is 6.02. The molecule has 0 amide bonds. The van der Waals surface area contributed by atoms with Crippen LogP contribution in [0.1, 0.15) is 5.56 Å². The number of hydrogen-bond donors (Lipinski definition) is 1. The molecule has 18 heavy (non-hydrogen) atoms. The fraction of sp³-hybridized carbons (Fsp3) is 0.182. The van der Waals surface area contributed by atoms with E-state index in [2.05, 4.69) is 5.10 Å². The molecule has 0 bridgehead atoms. The summed E-state index contributed by atoms with van der Waals surface area (Å²) in [7, 11) is -3.27. The number of nitrogens with two attached hydrogens (primary N) is 1. The Kier molecular flexibility index (Phi) is 3.08. The Balaban J connectivity index is 2.24. The molecule has 1 heterocycles. The molecule has 0 aliphatic carbocycles. The van der Waals surface area contributed by atoms with E-state index in [1.807, 2.05) is 0 Å². The molecule has 0 fully saturated rings. The zero-order chi connectivity index (χ0) is 13.3. The lowest BCUT2D eigenvalue weighted by Crippen LogP contribution is -2.02. The van der Waals surface area contributed by atoms with E-state index in [9.17, 15) is 12.8 Å². The predicted molar refractivity (Wildman–Crippen MR) is 65.3 cm³/mol. The van der Waals surface area contributed by atoms with Crippen molar-refractivity contribution in [2.45, 2.75) is 11.4 Å². The van der Waals surface area contributed by atoms with Crippen molar-refractivity contribution in [3.8, 4) is 0 Å². The Hall–Kier alpha value is -1.89. The van der Waals surface area contributed by atoms with Crippen LogP contribution in [0, 0.1) is 5.82 Å². The van der Waals surface area contributed by atoms with Gasteiger partial charge in [0.15, 0.2) is 9.84 Å². The second kappa shape index (κ2) is 4.41. The third-order valence-electron chi connectivity index (χ3n) is 2.45. The van der Waals surface area contributed by atoms with Gasteiger partial charge in [0.2, 0.25) is 0 Å². The Morgan fingerprint density at radius 3 is 2.72 bits per heavy atom. The number of sulfone groups is 1. The molecule has 0 spiro atoms. The number of nitrogen functional groups attached to an aromatic ring is 1. The van der Waals surface area contributed by atoms with Crippen LogP contribution in [0.5, 0.6) is 0 Å². The first-order valence-electron chi connectivity index (χ1n) is 5.12. The summed E-state index contributed by atoms with van der Waals surface area (Å²) in [6, 6.07) is 4.43. The van der Waals surface area contributed by atoms with Gasteiger partial charge in [-0.2, -0.15) is 5.10 Å². The highest BCUT2D eigenvalue weighted by Crippen LogP contribution is 2.14. The minimum atomic E-state index is -3.27. The van der Waals surface area contributed by atoms with Crippen LogP contribution in [0.15, 0.2) is 35.5 Å². The Bertz CT molecular complexity index is 679. The Morgan fingerprint density at radius 2 is 2.17 bits per heavy atom. The summed E-state index contributed by atoms with van der Waals surface area (Å²) >= 11 is 0. The molecule has 0 unspecified atom stereocenters. The van der Waals surface area contributed by atoms with Gasteiger partial charge in [0, 0.05) is 12.5 Å². The van der Waals surface area contributed by atoms with Crippen molar-refractivity contribution in [3.63, 3.8) is 0 Å². The van der Waals surface area contributed by atoms with Crippen molar-refractivity contribution in [2.75, 3.05) is 12.0 Å². The number of aromatic nitrogens is 2. The van der Waals surface area contributed by atoms with Gasteiger partial charge in [-0.3, -0.25) is 4.68 Å². The lowest BCUT2D eigenvalue weighted by atomic mass is 10.2. The maximum absolute atomic E-state index is 13.2. The van der Waals surface area contributed by atoms with E-state index in [4.69, 9.17) is 5.73 Å². The van der Waals surface area contributed by atoms with Gasteiger partial charge in [-0.05, 0) is 17.7 Å². The molecule has 2 aromatic rings. The molecule has 2 rings (SSSR count). The summed E-state index contributed by atoms with van der Waals surface area (Å²) in [5, 5.41) is 3.91. The summed E-state index contributed by atoms with van der Waals surface area (Å²) < 4.78 is 37.2. The molecule has 96 valence electrons. The van der Waals surface area contributed by atoms with E-state index >= 15 is 0 Å². The summed E-state index contributed by atoms with van der Waals surface area (Å²) in [4.78, 5) is 0.137. The Labute approximate surface area is 104 Å². The zero-order valence-corrected chi connectivity index (χ0v) is 10.5. The highest BCUT2D eigenvalue weighted by Gasteiger charge is 2.10. The standard InChI is InChI=1S/C11H12FN3O2S/c1-18(16,17)9-5-14-15(7-9)6-8-2-3-11(13)10(12)4-8/h2-5,7H,6,13H2,1H3. The molecule has 0 saturated heterocycles. The summed E-state index contributed by atoms with van der Waals surface area (Å²) in [5.74, 6) is -0.497. The third kappa shape index (κ3) is 2.67. The van der Waals surface area contributed by atoms with Gasteiger partial charge in [-0.15, -0.1) is 0 Å². The topological polar surface area (TPSA) is 78.0 Å². The lowest BCUT2D eigenvalue weighted by Gasteiger charge is -2.03. The first kappa shape index (κ1) is 12.6. The van der Waals surface area contributed by atoms with Gasteiger partial charge in [-0.25, -0.2) is 12.8 Å². The molecule has 5 nitrogen and oxygen atoms in total. The maximum atomic E-state index is 13.2. The van der Waals surface area contributed by atoms with Crippen LogP contribution in [-0.2, 0) is 16.4 Å². The van der Waals surface area contributed by atoms with Crippen molar-refractivity contribution in [3.05, 3.63) is 42.0 Å². The van der Waals surface area contributed by atoms with Gasteiger partial charge in [-0.1, -0.05) is 6.07 Å². The smallest absolute Gasteiger partial charge is 0.178 e. The zero-order valence-electron chi connectivity index (χ0n) is 9.67. The number of benzene rings is 1. The SMILES string of the molecule is CS(=O)(=O)c1cnn(Cc2ccc(N)c(F)c2)c1. The van der Waals surface area contributed by atoms with E-state index in [0.717, 1.165) is 6.26 Å². The number of rotatable bonds is 3. The molecule has 0 atom stereocenters. The predicted octanol–water partition coefficient (Wildman–Crippen LogP) is 1.06. The molecule has 1 aromatic carbocycles. The quantitative estimate of drug-likeness (QED) is 0.845. The third-order valence-corrected chi connectivity index (χ3v) is 3.51. The largest absolute Gasteiger partial charge is 0.396 e. The van der Waals surface area contributed by atoms with E-state index in [1.54, 1.807) is 6.07 Å². The fourth-order valence-corrected chi connectivity index (χ4v) is 2.03. The van der Waals surface area contributed by atoms with Crippen molar-refractivity contribution in [1.29, 1.82) is 0 Å². The van der Waals surface area contributed by atoms with Crippen LogP contribution in [0.4, 0.5) is 10.1 Å². The molecule has 0 radical (unpaired) electrons. The van der Waals surface area contributed by atoms with Crippen molar-refractivity contribution >= 4 is 15.5 Å². The summed E-state index contributed by atoms with van der Waals surface area (Å²) in [6.45, 7) is 0.284. The van der Waals surface area contributed by atoms with Gasteiger partial charge >= 0.3 is 0 Å². The molecule has 0 saturated carbocycles. The first-order chi connectivity index (χ1) is 8.36. The van der Waals surface area contributed by atoms with Crippen molar-refractivity contribution in [2.24, 2.45) is 0 Å². The summed E-state index contributed by atoms with van der Waals surface area (Å²) in [6.07, 6.45) is 3.78. The average molecular weight is 269 g/mol. The van der Waals surface area contributed by atoms with Crippen molar-refractivity contribution in [1.82, 2.24) is 9.78 Å². The van der Waals surface area contributed by atoms with Crippen LogP contribution in [0.2, 0.25) is 0 Å². The highest BCUT2D eigenvalue weighted by molar-refractivity contribution is 7.90. The molecule has 2 N–H and O–H groups in total. The van der Waals surface area contributed by atoms with Gasteiger partial charge in [0.1, 0.15) is 10.7 Å². The lowest BCUT2D eigenvalue weighted by molar-refractivity contribution is 0.601. The number of hydrogen-bond acceptors (Lipinski definition) is 4. The number of anilines is 1. The number of halogens is 1. The van der Waals surface area contributed by atoms with Crippen LogP contribution >= 0.6 is 0 Å². The fourth-order valence-electron chi connectivity index (χ4n) is 1.48. The van der Waals surface area contributed by atoms with E-state index < -0.39 is 15.7 Å². The Morgan fingerprint density at radius 1 is 1.44 bits per heavy atom. The van der Waals surface area contributed by atoms with Crippen LogP contribution < -0.4 is 5.73 Å². The van der Waals surface area contributed by atoms with Gasteiger partial charge in [0.05, 0.1) is 18.4 Å². The molecular weight excluding hydrogens is 257 g/mol. The number of nitrogens with zero attached hydrogens (tertiary/aromatic N) is 2. The van der Waals surface area contributed by atoms with E-state index in [0.29, 0.717) is 5.56 Å². The summed E-state index contributed by atoms with van der Waals surface area (Å²) in [5.41, 5.74) is 6.10. The monoisotopic (exact) mass is 269 g/mol. The van der Waals surface area contributed by atoms with Crippen LogP contribution in [-0.4, -0.2) is 24.5 Å². The molecular formula is C11H12FN3O2S. The van der Waals surface area contributed by atoms with Crippen molar-refractivity contribution < 1.29 is 12.8 Å². The minimum Gasteiger partial charge on any atom is -0.396 e. The molecule has 7 heteroatoms. The molecule has 0 aliphatic heterocycles. The minimum absolute atomic E-state index is 0.0797. The molecule has 0 aliphatic rings. The van der Waals surface area contributed by atoms with Gasteiger partial charge in [0.25, 0.3) is 0 Å². The van der Waals surface area contributed by atoms with E-state index in [-0.39, 0.29) is 17.1 Å². The second-order valence-electron chi connectivity index (χ2n) is 4.00. The van der Waals surface area contributed by atoms with Gasteiger partial charge < -0.3 is 5.73 Å². The average Bonchev–Trinajstić information content (AvgIpc) is 2.72. The first-order valence-corrected chi connectivity index (χ1v) is 7.02. The normalized spacial score (nSPS) is 11.7. The molecule has 1 aromatic heterocycles. The highest BCUT2D eigenvalue weighted by atomic mass is 32.2. The maximum Gasteiger partial charge on any atom is 0.178 e.